The summed E-state index contributed by atoms with van der Waals surface area (Å²) in [4.78, 5) is 33.7. The molecule has 0 spiro atoms. The zero-order valence-electron chi connectivity index (χ0n) is 23.7. The molecule has 2 aromatic carbocycles. The summed E-state index contributed by atoms with van der Waals surface area (Å²) in [6.07, 6.45) is 7.94. The van der Waals surface area contributed by atoms with Crippen LogP contribution in [0, 0.1) is 5.92 Å². The van der Waals surface area contributed by atoms with Gasteiger partial charge in [0.2, 0.25) is 0 Å². The van der Waals surface area contributed by atoms with Gasteiger partial charge in [0.15, 0.2) is 5.78 Å². The number of pyridine rings is 1. The third-order valence-electron chi connectivity index (χ3n) is 7.75. The average molecular weight is 554 g/mol. The predicted octanol–water partition coefficient (Wildman–Crippen LogP) is 6.95. The molecule has 0 bridgehead atoms. The van der Waals surface area contributed by atoms with Gasteiger partial charge >= 0.3 is 6.09 Å². The van der Waals surface area contributed by atoms with Gasteiger partial charge in [0.1, 0.15) is 11.4 Å². The van der Waals surface area contributed by atoms with Crippen molar-refractivity contribution in [3.63, 3.8) is 0 Å². The van der Waals surface area contributed by atoms with Crippen LogP contribution in [0.2, 0.25) is 0 Å². The summed E-state index contributed by atoms with van der Waals surface area (Å²) in [5.74, 6) is 1.09. The van der Waals surface area contributed by atoms with Crippen molar-refractivity contribution >= 4 is 28.6 Å². The number of carbonyl (C=O) groups is 2. The van der Waals surface area contributed by atoms with E-state index in [0.717, 1.165) is 57.5 Å². The summed E-state index contributed by atoms with van der Waals surface area (Å²) < 4.78 is 15.9. The maximum atomic E-state index is 13.7. The first-order valence-electron chi connectivity index (χ1n) is 13.8. The van der Waals surface area contributed by atoms with E-state index in [-0.39, 0.29) is 12.2 Å². The second-order valence-corrected chi connectivity index (χ2v) is 10.1. The number of para-hydroxylation sites is 1. The van der Waals surface area contributed by atoms with Crippen molar-refractivity contribution in [2.24, 2.45) is 5.92 Å². The van der Waals surface area contributed by atoms with Gasteiger partial charge in [-0.1, -0.05) is 35.9 Å². The first kappa shape index (κ1) is 28.1. The summed E-state index contributed by atoms with van der Waals surface area (Å²) in [7, 11) is 2.97. The van der Waals surface area contributed by atoms with E-state index in [0.29, 0.717) is 36.8 Å². The second kappa shape index (κ2) is 12.8. The Hall–Kier alpha value is -4.43. The number of aromatic amines is 1. The lowest BCUT2D eigenvalue weighted by atomic mass is 9.86. The molecule has 1 aliphatic heterocycles. The summed E-state index contributed by atoms with van der Waals surface area (Å²) in [6.45, 7) is 3.38. The van der Waals surface area contributed by atoms with Gasteiger partial charge in [-0.3, -0.25) is 10.1 Å². The van der Waals surface area contributed by atoms with Crippen LogP contribution in [0.4, 0.5) is 10.5 Å². The molecule has 1 saturated heterocycles. The number of ketones is 1. The quantitative estimate of drug-likeness (QED) is 0.172. The molecule has 1 amide bonds. The first-order chi connectivity index (χ1) is 20.0. The zero-order valence-corrected chi connectivity index (χ0v) is 23.7. The van der Waals surface area contributed by atoms with Crippen LogP contribution in [0.15, 0.2) is 72.6 Å². The molecule has 2 N–H and O–H groups in total. The Balaban J connectivity index is 1.48. The fraction of sp³-hybridized carbons (Fsp3) is 0.303. The summed E-state index contributed by atoms with van der Waals surface area (Å²) in [5.41, 5.74) is 6.61. The Morgan fingerprint density at radius 1 is 1.07 bits per heavy atom. The van der Waals surface area contributed by atoms with Crippen LogP contribution in [0.25, 0.3) is 22.2 Å². The van der Waals surface area contributed by atoms with E-state index >= 15 is 0 Å². The molecule has 1 fully saturated rings. The van der Waals surface area contributed by atoms with E-state index in [4.69, 9.17) is 14.2 Å². The standard InChI is InChI=1S/C33H35N3O5/c1-4-21(22-11-13-41-14-12-22)18-30(37)28-16-23(9-10-29(28)36-33(38)40-3)25-17-27-26(20-35-32(27)34-19-25)15-24-7-5-6-8-31(24)39-2/h4-10,16-17,19-20,22H,11-15,18H2,1-3H3,(H,34,35)(H,36,38). The van der Waals surface area contributed by atoms with Crippen molar-refractivity contribution in [3.8, 4) is 16.9 Å². The highest BCUT2D eigenvalue weighted by atomic mass is 16.5. The first-order valence-corrected chi connectivity index (χ1v) is 13.8. The number of fused-ring (bicyclic) bond motifs is 1. The van der Waals surface area contributed by atoms with Gasteiger partial charge < -0.3 is 19.2 Å². The molecule has 41 heavy (non-hydrogen) atoms. The molecular weight excluding hydrogens is 518 g/mol. The molecule has 0 unspecified atom stereocenters. The van der Waals surface area contributed by atoms with Crippen LogP contribution in [0.3, 0.4) is 0 Å². The zero-order chi connectivity index (χ0) is 28.8. The van der Waals surface area contributed by atoms with Crippen molar-refractivity contribution < 1.29 is 23.8 Å². The fourth-order valence-corrected chi connectivity index (χ4v) is 5.47. The highest BCUT2D eigenvalue weighted by Crippen LogP contribution is 2.33. The number of hydrogen-bond acceptors (Lipinski definition) is 6. The molecule has 5 rings (SSSR count). The number of aromatic nitrogens is 2. The van der Waals surface area contributed by atoms with Crippen molar-refractivity contribution in [2.45, 2.75) is 32.6 Å². The Morgan fingerprint density at radius 3 is 2.63 bits per heavy atom. The molecule has 8 nitrogen and oxygen atoms in total. The van der Waals surface area contributed by atoms with Gasteiger partial charge in [-0.15, -0.1) is 0 Å². The fourth-order valence-electron chi connectivity index (χ4n) is 5.47. The second-order valence-electron chi connectivity index (χ2n) is 10.1. The number of ether oxygens (including phenoxy) is 3. The molecule has 0 atom stereocenters. The highest BCUT2D eigenvalue weighted by Gasteiger charge is 2.23. The molecule has 2 aromatic heterocycles. The van der Waals surface area contributed by atoms with Crippen molar-refractivity contribution in [1.82, 2.24) is 9.97 Å². The normalized spacial score (nSPS) is 14.2. The Bertz CT molecular complexity index is 1580. The van der Waals surface area contributed by atoms with E-state index in [9.17, 15) is 9.59 Å². The molecule has 0 aliphatic carbocycles. The lowest BCUT2D eigenvalue weighted by Gasteiger charge is -2.24. The number of H-pyrrole nitrogens is 1. The summed E-state index contributed by atoms with van der Waals surface area (Å²) in [5, 5.41) is 3.70. The van der Waals surface area contributed by atoms with Gasteiger partial charge in [-0.05, 0) is 66.6 Å². The van der Waals surface area contributed by atoms with E-state index in [1.165, 1.54) is 7.11 Å². The number of benzene rings is 2. The van der Waals surface area contributed by atoms with Crippen LogP contribution >= 0.6 is 0 Å². The van der Waals surface area contributed by atoms with E-state index in [1.54, 1.807) is 19.4 Å². The Kier molecular flexibility index (Phi) is 8.79. The van der Waals surface area contributed by atoms with Crippen molar-refractivity contribution in [2.75, 3.05) is 32.8 Å². The third-order valence-corrected chi connectivity index (χ3v) is 7.75. The van der Waals surface area contributed by atoms with Gasteiger partial charge in [-0.2, -0.15) is 0 Å². The van der Waals surface area contributed by atoms with E-state index in [1.807, 2.05) is 49.5 Å². The van der Waals surface area contributed by atoms with E-state index in [2.05, 4.69) is 27.4 Å². The van der Waals surface area contributed by atoms with Crippen LogP contribution in [-0.2, 0) is 15.9 Å². The monoisotopic (exact) mass is 553 g/mol. The minimum absolute atomic E-state index is 0.0645. The summed E-state index contributed by atoms with van der Waals surface area (Å²) >= 11 is 0. The minimum atomic E-state index is -0.626. The lowest BCUT2D eigenvalue weighted by molar-refractivity contribution is 0.0738. The Labute approximate surface area is 239 Å². The third kappa shape index (κ3) is 6.33. The van der Waals surface area contributed by atoms with Crippen LogP contribution in [0.5, 0.6) is 5.75 Å². The van der Waals surface area contributed by atoms with Gasteiger partial charge in [0.05, 0.1) is 19.9 Å². The minimum Gasteiger partial charge on any atom is -0.496 e. The highest BCUT2D eigenvalue weighted by molar-refractivity contribution is 6.06. The largest absolute Gasteiger partial charge is 0.496 e. The number of methoxy groups -OCH3 is 2. The molecule has 3 heterocycles. The molecule has 8 heteroatoms. The van der Waals surface area contributed by atoms with Crippen LogP contribution < -0.4 is 10.1 Å². The van der Waals surface area contributed by atoms with Crippen LogP contribution in [-0.4, -0.2) is 49.3 Å². The molecule has 1 aliphatic rings. The number of hydrogen-bond donors (Lipinski definition) is 2. The van der Waals surface area contributed by atoms with Crippen molar-refractivity contribution in [3.05, 3.63) is 89.3 Å². The lowest BCUT2D eigenvalue weighted by Crippen LogP contribution is -2.20. The molecule has 212 valence electrons. The number of carbonyl (C=O) groups excluding carboxylic acids is 2. The SMILES string of the molecule is CC=C(CC(=O)c1cc(-c2cnc3[nH]cc(Cc4ccccc4OC)c3c2)ccc1NC(=O)OC)C1CCOCC1. The number of anilines is 1. The van der Waals surface area contributed by atoms with Crippen molar-refractivity contribution in [1.29, 1.82) is 0 Å². The maximum Gasteiger partial charge on any atom is 0.411 e. The number of nitrogens with zero attached hydrogens (tertiary/aromatic N) is 1. The molecule has 4 aromatic rings. The number of allylic oxidation sites excluding steroid dienone is 2. The molecule has 0 radical (unpaired) electrons. The number of Topliss-reactive ketones (excluding diaryl/α,β-unsaturated/α-hetero) is 1. The molecular formula is C33H35N3O5. The average Bonchev–Trinajstić information content (AvgIpc) is 3.42. The summed E-state index contributed by atoms with van der Waals surface area (Å²) in [6, 6.07) is 15.5. The number of amides is 1. The smallest absolute Gasteiger partial charge is 0.411 e. The number of rotatable bonds is 9. The Morgan fingerprint density at radius 2 is 1.88 bits per heavy atom. The topological polar surface area (TPSA) is 103 Å². The predicted molar refractivity (Wildman–Crippen MR) is 160 cm³/mol. The van der Waals surface area contributed by atoms with Crippen LogP contribution in [0.1, 0.15) is 47.7 Å². The molecule has 0 saturated carbocycles. The van der Waals surface area contributed by atoms with E-state index < -0.39 is 6.09 Å². The maximum absolute atomic E-state index is 13.7. The van der Waals surface area contributed by atoms with Gasteiger partial charge in [0, 0.05) is 55.0 Å². The number of nitrogens with one attached hydrogen (secondary N) is 2. The van der Waals surface area contributed by atoms with Gasteiger partial charge in [-0.25, -0.2) is 9.78 Å². The van der Waals surface area contributed by atoms with Gasteiger partial charge in [0.25, 0.3) is 0 Å².